The number of benzene rings is 1. The van der Waals surface area contributed by atoms with Crippen LogP contribution in [-0.4, -0.2) is 48.4 Å². The zero-order valence-electron chi connectivity index (χ0n) is 10.6. The number of rotatable bonds is 2. The molecule has 1 amide bonds. The monoisotopic (exact) mass is 245 g/mol. The number of nitrogens with zero attached hydrogens (tertiary/aromatic N) is 2. The lowest BCUT2D eigenvalue weighted by Gasteiger charge is -2.28. The van der Waals surface area contributed by atoms with E-state index in [2.05, 4.69) is 22.3 Å². The molecule has 0 spiro atoms. The van der Waals surface area contributed by atoms with Crippen molar-refractivity contribution in [3.8, 4) is 0 Å². The smallest absolute Gasteiger partial charge is 0.237 e. The van der Waals surface area contributed by atoms with E-state index in [-0.39, 0.29) is 5.91 Å². The average Bonchev–Trinajstić information content (AvgIpc) is 2.84. The summed E-state index contributed by atoms with van der Waals surface area (Å²) >= 11 is 0. The molecular weight excluding hydrogens is 226 g/mol. The molecule has 2 aliphatic rings. The van der Waals surface area contributed by atoms with Gasteiger partial charge in [-0.25, -0.2) is 0 Å². The molecule has 96 valence electrons. The number of carbonyl (C=O) groups is 1. The van der Waals surface area contributed by atoms with Crippen molar-refractivity contribution >= 4 is 5.91 Å². The van der Waals surface area contributed by atoms with Crippen LogP contribution in [0.2, 0.25) is 0 Å². The molecule has 0 aliphatic carbocycles. The van der Waals surface area contributed by atoms with Gasteiger partial charge in [0.15, 0.2) is 0 Å². The van der Waals surface area contributed by atoms with Crippen LogP contribution in [0.25, 0.3) is 0 Å². The fourth-order valence-corrected chi connectivity index (χ4v) is 2.67. The van der Waals surface area contributed by atoms with Gasteiger partial charge < -0.3 is 10.2 Å². The Bertz CT molecular complexity index is 415. The first kappa shape index (κ1) is 11.7. The fraction of sp³-hybridized carbons (Fsp3) is 0.500. The van der Waals surface area contributed by atoms with Crippen LogP contribution in [0.4, 0.5) is 0 Å². The number of nitrogens with one attached hydrogen (secondary N) is 1. The zero-order valence-corrected chi connectivity index (χ0v) is 10.6. The van der Waals surface area contributed by atoms with Gasteiger partial charge in [0, 0.05) is 39.3 Å². The van der Waals surface area contributed by atoms with Crippen LogP contribution in [0.15, 0.2) is 24.3 Å². The van der Waals surface area contributed by atoms with Gasteiger partial charge in [-0.15, -0.1) is 0 Å². The Morgan fingerprint density at radius 2 is 1.72 bits per heavy atom. The number of piperazine rings is 1. The summed E-state index contributed by atoms with van der Waals surface area (Å²) < 4.78 is 0. The summed E-state index contributed by atoms with van der Waals surface area (Å²) in [5, 5.41) is 3.31. The van der Waals surface area contributed by atoms with Gasteiger partial charge in [0.25, 0.3) is 0 Å². The van der Waals surface area contributed by atoms with E-state index in [4.69, 9.17) is 0 Å². The quantitative estimate of drug-likeness (QED) is 0.821. The summed E-state index contributed by atoms with van der Waals surface area (Å²) in [4.78, 5) is 16.4. The highest BCUT2D eigenvalue weighted by molar-refractivity contribution is 5.79. The maximum Gasteiger partial charge on any atom is 0.237 e. The number of hydrogen-bond donors (Lipinski definition) is 1. The van der Waals surface area contributed by atoms with Crippen LogP contribution in [0.3, 0.4) is 0 Å². The Labute approximate surface area is 108 Å². The van der Waals surface area contributed by atoms with Crippen molar-refractivity contribution in [1.29, 1.82) is 0 Å². The van der Waals surface area contributed by atoms with Crippen LogP contribution in [0.5, 0.6) is 0 Å². The first-order chi connectivity index (χ1) is 8.83. The molecule has 1 fully saturated rings. The van der Waals surface area contributed by atoms with Crippen molar-refractivity contribution in [2.45, 2.75) is 13.1 Å². The second-order valence-electron chi connectivity index (χ2n) is 5.04. The van der Waals surface area contributed by atoms with E-state index < -0.39 is 0 Å². The molecular formula is C14H19N3O. The molecule has 1 aromatic carbocycles. The summed E-state index contributed by atoms with van der Waals surface area (Å²) in [5.74, 6) is 0.258. The fourth-order valence-electron chi connectivity index (χ4n) is 2.67. The second-order valence-corrected chi connectivity index (χ2v) is 5.04. The lowest BCUT2D eigenvalue weighted by molar-refractivity contribution is -0.133. The molecule has 18 heavy (non-hydrogen) atoms. The Morgan fingerprint density at radius 3 is 2.33 bits per heavy atom. The normalized spacial score (nSPS) is 19.9. The Morgan fingerprint density at radius 1 is 1.11 bits per heavy atom. The van der Waals surface area contributed by atoms with Crippen LogP contribution in [-0.2, 0) is 17.9 Å². The molecule has 0 aromatic heterocycles. The van der Waals surface area contributed by atoms with E-state index in [9.17, 15) is 4.79 Å². The molecule has 1 aromatic rings. The molecule has 3 rings (SSSR count). The molecule has 4 nitrogen and oxygen atoms in total. The first-order valence-electron chi connectivity index (χ1n) is 6.60. The third kappa shape index (κ3) is 2.40. The predicted molar refractivity (Wildman–Crippen MR) is 70.0 cm³/mol. The third-order valence-electron chi connectivity index (χ3n) is 3.76. The van der Waals surface area contributed by atoms with E-state index >= 15 is 0 Å². The zero-order chi connectivity index (χ0) is 12.4. The van der Waals surface area contributed by atoms with Crippen molar-refractivity contribution < 1.29 is 4.79 Å². The molecule has 0 bridgehead atoms. The maximum atomic E-state index is 12.2. The largest absolute Gasteiger partial charge is 0.333 e. The van der Waals surface area contributed by atoms with E-state index in [1.165, 1.54) is 11.1 Å². The van der Waals surface area contributed by atoms with Gasteiger partial charge in [0.2, 0.25) is 5.91 Å². The SMILES string of the molecule is O=C(CN1CCNCC1)N1Cc2ccccc2C1. The van der Waals surface area contributed by atoms with E-state index in [1.54, 1.807) is 0 Å². The van der Waals surface area contributed by atoms with Crippen LogP contribution >= 0.6 is 0 Å². The van der Waals surface area contributed by atoms with Gasteiger partial charge in [-0.3, -0.25) is 9.69 Å². The number of hydrogen-bond acceptors (Lipinski definition) is 3. The Hall–Kier alpha value is -1.39. The van der Waals surface area contributed by atoms with Crippen molar-refractivity contribution in [2.24, 2.45) is 0 Å². The molecule has 2 aliphatic heterocycles. The van der Waals surface area contributed by atoms with E-state index in [0.29, 0.717) is 6.54 Å². The second kappa shape index (κ2) is 5.08. The lowest BCUT2D eigenvalue weighted by atomic mass is 10.1. The summed E-state index contributed by atoms with van der Waals surface area (Å²) in [6.45, 7) is 6.07. The van der Waals surface area contributed by atoms with E-state index in [1.807, 2.05) is 17.0 Å². The van der Waals surface area contributed by atoms with Gasteiger partial charge in [-0.2, -0.15) is 0 Å². The van der Waals surface area contributed by atoms with Crippen molar-refractivity contribution in [1.82, 2.24) is 15.1 Å². The molecule has 0 radical (unpaired) electrons. The molecule has 4 heteroatoms. The van der Waals surface area contributed by atoms with Crippen molar-refractivity contribution in [3.05, 3.63) is 35.4 Å². The highest BCUT2D eigenvalue weighted by Gasteiger charge is 2.24. The first-order valence-corrected chi connectivity index (χ1v) is 6.60. The minimum atomic E-state index is 0.258. The minimum absolute atomic E-state index is 0.258. The average molecular weight is 245 g/mol. The van der Waals surface area contributed by atoms with Gasteiger partial charge in [-0.1, -0.05) is 24.3 Å². The Kier molecular flexibility index (Phi) is 3.30. The molecule has 0 saturated carbocycles. The van der Waals surface area contributed by atoms with Gasteiger partial charge in [0.05, 0.1) is 6.54 Å². The van der Waals surface area contributed by atoms with Gasteiger partial charge in [0.1, 0.15) is 0 Å². The lowest BCUT2D eigenvalue weighted by Crippen LogP contribution is -2.47. The van der Waals surface area contributed by atoms with Crippen LogP contribution in [0, 0.1) is 0 Å². The molecule has 1 N–H and O–H groups in total. The van der Waals surface area contributed by atoms with Crippen molar-refractivity contribution in [2.75, 3.05) is 32.7 Å². The van der Waals surface area contributed by atoms with E-state index in [0.717, 1.165) is 39.3 Å². The minimum Gasteiger partial charge on any atom is -0.333 e. The standard InChI is InChI=1S/C14H19N3O/c18-14(11-16-7-5-15-6-8-16)17-9-12-3-1-2-4-13(12)10-17/h1-4,15H,5-11H2. The third-order valence-corrected chi connectivity index (χ3v) is 3.76. The van der Waals surface area contributed by atoms with Gasteiger partial charge in [-0.05, 0) is 11.1 Å². The summed E-state index contributed by atoms with van der Waals surface area (Å²) in [6.07, 6.45) is 0. The van der Waals surface area contributed by atoms with Crippen LogP contribution < -0.4 is 5.32 Å². The maximum absolute atomic E-state index is 12.2. The van der Waals surface area contributed by atoms with Crippen LogP contribution in [0.1, 0.15) is 11.1 Å². The summed E-state index contributed by atoms with van der Waals surface area (Å²) in [5.41, 5.74) is 2.59. The Balaban J connectivity index is 1.58. The van der Waals surface area contributed by atoms with Gasteiger partial charge >= 0.3 is 0 Å². The number of amides is 1. The number of carbonyl (C=O) groups excluding carboxylic acids is 1. The molecule has 2 heterocycles. The van der Waals surface area contributed by atoms with Crippen molar-refractivity contribution in [3.63, 3.8) is 0 Å². The summed E-state index contributed by atoms with van der Waals surface area (Å²) in [7, 11) is 0. The predicted octanol–water partition coefficient (Wildman–Crippen LogP) is 0.434. The number of fused-ring (bicyclic) bond motifs is 1. The molecule has 1 saturated heterocycles. The topological polar surface area (TPSA) is 35.6 Å². The summed E-state index contributed by atoms with van der Waals surface area (Å²) in [6, 6.07) is 8.33. The highest BCUT2D eigenvalue weighted by Crippen LogP contribution is 2.22. The molecule has 0 atom stereocenters. The molecule has 0 unspecified atom stereocenters. The highest BCUT2D eigenvalue weighted by atomic mass is 16.2.